The smallest absolute Gasteiger partial charge is 0.146 e. The van der Waals surface area contributed by atoms with Crippen LogP contribution in [-0.2, 0) is 9.47 Å². The third-order valence-corrected chi connectivity index (χ3v) is 2.22. The molecular formula is C9H17NO2S. The van der Waals surface area contributed by atoms with Crippen molar-refractivity contribution < 1.29 is 9.47 Å². The van der Waals surface area contributed by atoms with Crippen LogP contribution in [0.25, 0.3) is 0 Å². The van der Waals surface area contributed by atoms with Crippen LogP contribution in [0.3, 0.4) is 0 Å². The van der Waals surface area contributed by atoms with Gasteiger partial charge >= 0.3 is 0 Å². The summed E-state index contributed by atoms with van der Waals surface area (Å²) in [7, 11) is 3.27. The first-order chi connectivity index (χ1) is 6.19. The summed E-state index contributed by atoms with van der Waals surface area (Å²) in [4.78, 5) is 4.32. The highest BCUT2D eigenvalue weighted by Crippen LogP contribution is 2.12. The van der Waals surface area contributed by atoms with Crippen LogP contribution < -0.4 is 0 Å². The van der Waals surface area contributed by atoms with Gasteiger partial charge in [0, 0.05) is 7.11 Å². The fraction of sp³-hybridized carbons (Fsp3) is 0.667. The van der Waals surface area contributed by atoms with Crippen molar-refractivity contribution in [2.24, 2.45) is 4.99 Å². The topological polar surface area (TPSA) is 30.8 Å². The van der Waals surface area contributed by atoms with Crippen molar-refractivity contribution in [2.75, 3.05) is 20.5 Å². The average molecular weight is 203 g/mol. The Bertz CT molecular complexity index is 202. The lowest BCUT2D eigenvalue weighted by atomic mass is 10.5. The summed E-state index contributed by atoms with van der Waals surface area (Å²) >= 11 is 1.55. The van der Waals surface area contributed by atoms with E-state index >= 15 is 0 Å². The van der Waals surface area contributed by atoms with E-state index in [2.05, 4.69) is 4.99 Å². The van der Waals surface area contributed by atoms with Crippen LogP contribution in [-0.4, -0.2) is 31.7 Å². The molecule has 0 aromatic rings. The molecule has 0 aliphatic heterocycles. The number of ether oxygens (including phenoxy) is 2. The number of aliphatic imine (C=N–C) groups is 1. The van der Waals surface area contributed by atoms with Gasteiger partial charge in [0.2, 0.25) is 0 Å². The van der Waals surface area contributed by atoms with Crippen LogP contribution in [0.5, 0.6) is 0 Å². The number of allylic oxidation sites excluding steroid dienone is 1. The van der Waals surface area contributed by atoms with Gasteiger partial charge in [-0.1, -0.05) is 0 Å². The molecule has 3 nitrogen and oxygen atoms in total. The van der Waals surface area contributed by atoms with Gasteiger partial charge in [-0.25, -0.2) is 4.99 Å². The quantitative estimate of drug-likeness (QED) is 0.399. The number of rotatable bonds is 4. The summed E-state index contributed by atoms with van der Waals surface area (Å²) in [6.07, 6.45) is 3.72. The van der Waals surface area contributed by atoms with Crippen LogP contribution in [0.2, 0.25) is 0 Å². The maximum atomic E-state index is 5.15. The van der Waals surface area contributed by atoms with E-state index in [1.807, 2.05) is 26.2 Å². The maximum Gasteiger partial charge on any atom is 0.146 e. The van der Waals surface area contributed by atoms with E-state index in [0.717, 1.165) is 10.8 Å². The minimum Gasteiger partial charge on any atom is -0.494 e. The van der Waals surface area contributed by atoms with Gasteiger partial charge in [-0.15, -0.1) is 11.8 Å². The molecule has 0 aliphatic rings. The Labute approximate surface area is 84.2 Å². The molecule has 0 spiro atoms. The van der Waals surface area contributed by atoms with Gasteiger partial charge in [0.15, 0.2) is 0 Å². The molecule has 0 rings (SSSR count). The summed E-state index contributed by atoms with van der Waals surface area (Å²) in [6, 6.07) is 0. The molecule has 0 aromatic heterocycles. The highest BCUT2D eigenvalue weighted by atomic mass is 32.2. The van der Waals surface area contributed by atoms with E-state index in [1.54, 1.807) is 26.0 Å². The number of thioether (sulfide) groups is 1. The Morgan fingerprint density at radius 1 is 1.46 bits per heavy atom. The molecular weight excluding hydrogens is 186 g/mol. The van der Waals surface area contributed by atoms with E-state index < -0.39 is 0 Å². The molecule has 0 heterocycles. The largest absolute Gasteiger partial charge is 0.494 e. The Kier molecular flexibility index (Phi) is 6.72. The highest BCUT2D eigenvalue weighted by Gasteiger charge is 2.06. The van der Waals surface area contributed by atoms with E-state index in [9.17, 15) is 0 Å². The average Bonchev–Trinajstić information content (AvgIpc) is 2.17. The van der Waals surface area contributed by atoms with Crippen LogP contribution in [0.1, 0.15) is 13.8 Å². The lowest BCUT2D eigenvalue weighted by Gasteiger charge is -2.09. The van der Waals surface area contributed by atoms with E-state index in [4.69, 9.17) is 9.47 Å². The van der Waals surface area contributed by atoms with Gasteiger partial charge < -0.3 is 9.47 Å². The molecule has 76 valence electrons. The lowest BCUT2D eigenvalue weighted by Crippen LogP contribution is -2.07. The van der Waals surface area contributed by atoms with E-state index in [-0.39, 0.29) is 6.23 Å². The molecule has 0 N–H and O–H groups in total. The summed E-state index contributed by atoms with van der Waals surface area (Å²) in [5.41, 5.74) is 0. The lowest BCUT2D eigenvalue weighted by molar-refractivity contribution is 0.126. The predicted octanol–water partition coefficient (Wildman–Crippen LogP) is 2.29. The standard InChI is InChI=1S/C9H17NO2S/c1-6-8(12-4)9(13-5)10-7(2)11-3/h6-7H,1-5H3/b8-6-,10-9-. The molecule has 0 fully saturated rings. The number of methoxy groups -OCH3 is 2. The zero-order valence-corrected chi connectivity index (χ0v) is 9.64. The first-order valence-electron chi connectivity index (χ1n) is 4.04. The van der Waals surface area contributed by atoms with Crippen molar-refractivity contribution in [3.8, 4) is 0 Å². The van der Waals surface area contributed by atoms with Gasteiger partial charge in [-0.2, -0.15) is 0 Å². The summed E-state index contributed by atoms with van der Waals surface area (Å²) in [5.74, 6) is 0.788. The molecule has 1 atom stereocenters. The zero-order valence-electron chi connectivity index (χ0n) is 8.83. The van der Waals surface area contributed by atoms with Gasteiger partial charge in [0.05, 0.1) is 7.11 Å². The summed E-state index contributed by atoms with van der Waals surface area (Å²) < 4.78 is 10.2. The monoisotopic (exact) mass is 203 g/mol. The third-order valence-electron chi connectivity index (χ3n) is 1.53. The first kappa shape index (κ1) is 12.5. The van der Waals surface area contributed by atoms with Gasteiger partial charge in [-0.3, -0.25) is 0 Å². The van der Waals surface area contributed by atoms with Crippen LogP contribution >= 0.6 is 11.8 Å². The molecule has 0 amide bonds. The van der Waals surface area contributed by atoms with Crippen molar-refractivity contribution in [1.82, 2.24) is 0 Å². The Morgan fingerprint density at radius 3 is 2.38 bits per heavy atom. The minimum atomic E-state index is -0.132. The Morgan fingerprint density at radius 2 is 2.08 bits per heavy atom. The van der Waals surface area contributed by atoms with Gasteiger partial charge in [0.25, 0.3) is 0 Å². The summed E-state index contributed by atoms with van der Waals surface area (Å²) in [5, 5.41) is 0.861. The molecule has 1 unspecified atom stereocenters. The number of hydrogen-bond donors (Lipinski definition) is 0. The van der Waals surface area contributed by atoms with Gasteiger partial charge in [0.1, 0.15) is 17.0 Å². The predicted molar refractivity (Wildman–Crippen MR) is 58.2 cm³/mol. The Hall–Kier alpha value is -0.480. The fourth-order valence-corrected chi connectivity index (χ4v) is 1.42. The van der Waals surface area contributed by atoms with Crippen molar-refractivity contribution in [3.05, 3.63) is 11.8 Å². The maximum absolute atomic E-state index is 5.15. The number of nitrogens with zero attached hydrogens (tertiary/aromatic N) is 1. The summed E-state index contributed by atoms with van der Waals surface area (Å²) in [6.45, 7) is 3.81. The molecule has 4 heteroatoms. The molecule has 0 aliphatic carbocycles. The number of hydrogen-bond acceptors (Lipinski definition) is 4. The fourth-order valence-electron chi connectivity index (χ4n) is 0.763. The van der Waals surface area contributed by atoms with E-state index in [0.29, 0.717) is 0 Å². The normalized spacial score (nSPS) is 15.8. The van der Waals surface area contributed by atoms with Crippen molar-refractivity contribution in [2.45, 2.75) is 20.1 Å². The van der Waals surface area contributed by atoms with Crippen molar-refractivity contribution >= 4 is 16.8 Å². The van der Waals surface area contributed by atoms with Crippen molar-refractivity contribution in [3.63, 3.8) is 0 Å². The first-order valence-corrected chi connectivity index (χ1v) is 5.27. The molecule has 0 saturated heterocycles. The SMILES string of the molecule is C/C=C(OC)/C(=N/C(C)OC)SC. The highest BCUT2D eigenvalue weighted by molar-refractivity contribution is 8.13. The molecule has 0 bridgehead atoms. The van der Waals surface area contributed by atoms with Crippen LogP contribution in [0, 0.1) is 0 Å². The second-order valence-corrected chi connectivity index (χ2v) is 3.13. The van der Waals surface area contributed by atoms with Gasteiger partial charge in [-0.05, 0) is 26.2 Å². The molecule has 0 aromatic carbocycles. The van der Waals surface area contributed by atoms with Crippen molar-refractivity contribution in [1.29, 1.82) is 0 Å². The van der Waals surface area contributed by atoms with E-state index in [1.165, 1.54) is 0 Å². The second kappa shape index (κ2) is 6.97. The molecule has 13 heavy (non-hydrogen) atoms. The zero-order chi connectivity index (χ0) is 10.3. The minimum absolute atomic E-state index is 0.132. The molecule has 0 radical (unpaired) electrons. The third kappa shape index (κ3) is 4.33. The second-order valence-electron chi connectivity index (χ2n) is 2.33. The Balaban J connectivity index is 4.57. The van der Waals surface area contributed by atoms with Crippen LogP contribution in [0.4, 0.5) is 0 Å². The van der Waals surface area contributed by atoms with Crippen LogP contribution in [0.15, 0.2) is 16.8 Å². The molecule has 0 saturated carbocycles.